The number of methoxy groups -OCH3 is 2. The smallest absolute Gasteiger partial charge is 0.126 e. The van der Waals surface area contributed by atoms with Crippen LogP contribution in [0, 0.1) is 12.7 Å². The van der Waals surface area contributed by atoms with Gasteiger partial charge in [0.1, 0.15) is 18.0 Å². The number of ether oxygens (including phenoxy) is 2. The summed E-state index contributed by atoms with van der Waals surface area (Å²) in [7, 11) is 3.32. The van der Waals surface area contributed by atoms with Crippen molar-refractivity contribution in [3.63, 3.8) is 0 Å². The number of hydrogen-bond acceptors (Lipinski definition) is 4. The van der Waals surface area contributed by atoms with Gasteiger partial charge in [-0.15, -0.1) is 0 Å². The van der Waals surface area contributed by atoms with Crippen LogP contribution in [0.2, 0.25) is 0 Å². The number of benzene rings is 1. The lowest BCUT2D eigenvalue weighted by atomic mass is 10.0. The summed E-state index contributed by atoms with van der Waals surface area (Å²) in [6.45, 7) is 4.70. The maximum atomic E-state index is 13.7. The fraction of sp³-hybridized carbons (Fsp3) is 0.600. The molecular formula is C15H22FNO3. The van der Waals surface area contributed by atoms with Crippen molar-refractivity contribution >= 4 is 5.69 Å². The molecule has 1 saturated heterocycles. The van der Waals surface area contributed by atoms with Crippen LogP contribution < -0.4 is 4.90 Å². The molecule has 4 nitrogen and oxygen atoms in total. The standard InChI is InChI=1S/C15H22FNO3/c1-9-5-13(11(10(2)18)6-12(9)16)17-7-14(19-3)15(8-17)20-4/h5-6,10,14-15,18H,7-8H2,1-4H3. The lowest BCUT2D eigenvalue weighted by molar-refractivity contribution is -0.00461. The number of rotatable bonds is 4. The van der Waals surface area contributed by atoms with Crippen LogP contribution in [-0.4, -0.2) is 44.6 Å². The Morgan fingerprint density at radius 2 is 1.80 bits per heavy atom. The summed E-state index contributed by atoms with van der Waals surface area (Å²) in [5, 5.41) is 9.87. The van der Waals surface area contributed by atoms with E-state index in [0.717, 1.165) is 5.69 Å². The molecule has 3 unspecified atom stereocenters. The Balaban J connectivity index is 2.35. The highest BCUT2D eigenvalue weighted by Crippen LogP contribution is 2.32. The third-order valence-electron chi connectivity index (χ3n) is 3.92. The first-order valence-corrected chi connectivity index (χ1v) is 6.76. The van der Waals surface area contributed by atoms with Crippen molar-refractivity contribution in [2.24, 2.45) is 0 Å². The third-order valence-corrected chi connectivity index (χ3v) is 3.92. The van der Waals surface area contributed by atoms with E-state index >= 15 is 0 Å². The van der Waals surface area contributed by atoms with Gasteiger partial charge in [-0.1, -0.05) is 0 Å². The molecule has 20 heavy (non-hydrogen) atoms. The summed E-state index contributed by atoms with van der Waals surface area (Å²) in [6.07, 6.45) is -0.762. The molecule has 0 saturated carbocycles. The molecule has 3 atom stereocenters. The van der Waals surface area contributed by atoms with Crippen molar-refractivity contribution in [1.82, 2.24) is 0 Å². The zero-order valence-electron chi connectivity index (χ0n) is 12.4. The molecule has 0 aliphatic carbocycles. The Hall–Kier alpha value is -1.17. The van der Waals surface area contributed by atoms with Crippen LogP contribution in [0.1, 0.15) is 24.2 Å². The van der Waals surface area contributed by atoms with E-state index in [1.54, 1.807) is 34.1 Å². The van der Waals surface area contributed by atoms with Gasteiger partial charge in [0, 0.05) is 38.6 Å². The van der Waals surface area contributed by atoms with Crippen LogP contribution in [0.5, 0.6) is 0 Å². The summed E-state index contributed by atoms with van der Waals surface area (Å²) >= 11 is 0. The summed E-state index contributed by atoms with van der Waals surface area (Å²) in [5.74, 6) is -0.296. The molecule has 0 spiro atoms. The molecule has 1 aromatic carbocycles. The van der Waals surface area contributed by atoms with Gasteiger partial charge in [0.05, 0.1) is 6.10 Å². The SMILES string of the molecule is COC1CN(c2cc(C)c(F)cc2C(C)O)CC1OC. The van der Waals surface area contributed by atoms with Crippen molar-refractivity contribution < 1.29 is 19.0 Å². The Morgan fingerprint density at radius 3 is 2.25 bits per heavy atom. The van der Waals surface area contributed by atoms with Gasteiger partial charge in [-0.3, -0.25) is 0 Å². The fourth-order valence-corrected chi connectivity index (χ4v) is 2.68. The van der Waals surface area contributed by atoms with E-state index in [1.807, 2.05) is 0 Å². The molecule has 1 aromatic rings. The molecule has 1 N–H and O–H groups in total. The zero-order valence-corrected chi connectivity index (χ0v) is 12.4. The van der Waals surface area contributed by atoms with Crippen LogP contribution in [0.15, 0.2) is 12.1 Å². The molecule has 0 radical (unpaired) electrons. The van der Waals surface area contributed by atoms with Crippen LogP contribution >= 0.6 is 0 Å². The first kappa shape index (κ1) is 15.2. The first-order chi connectivity index (χ1) is 9.47. The molecule has 1 fully saturated rings. The van der Waals surface area contributed by atoms with Crippen molar-refractivity contribution in [3.8, 4) is 0 Å². The van der Waals surface area contributed by atoms with Gasteiger partial charge in [-0.05, 0) is 31.5 Å². The van der Waals surface area contributed by atoms with Crippen molar-refractivity contribution in [2.75, 3.05) is 32.2 Å². The number of hydrogen-bond donors (Lipinski definition) is 1. The van der Waals surface area contributed by atoms with E-state index < -0.39 is 6.10 Å². The molecular weight excluding hydrogens is 261 g/mol. The van der Waals surface area contributed by atoms with Gasteiger partial charge < -0.3 is 19.5 Å². The minimum Gasteiger partial charge on any atom is -0.389 e. The van der Waals surface area contributed by atoms with Gasteiger partial charge in [0.15, 0.2) is 0 Å². The monoisotopic (exact) mass is 283 g/mol. The number of halogens is 1. The Labute approximate surface area is 119 Å². The summed E-state index contributed by atoms with van der Waals surface area (Å²) < 4.78 is 24.5. The second-order valence-electron chi connectivity index (χ2n) is 5.29. The van der Waals surface area contributed by atoms with Crippen LogP contribution in [0.4, 0.5) is 10.1 Å². The van der Waals surface area contributed by atoms with Crippen molar-refractivity contribution in [1.29, 1.82) is 0 Å². The van der Waals surface area contributed by atoms with E-state index in [-0.39, 0.29) is 18.0 Å². The highest BCUT2D eigenvalue weighted by atomic mass is 19.1. The van der Waals surface area contributed by atoms with Gasteiger partial charge in [-0.25, -0.2) is 4.39 Å². The highest BCUT2D eigenvalue weighted by molar-refractivity contribution is 5.58. The molecule has 0 amide bonds. The summed E-state index contributed by atoms with van der Waals surface area (Å²) in [4.78, 5) is 2.08. The minimum atomic E-state index is -0.720. The van der Waals surface area contributed by atoms with E-state index in [4.69, 9.17) is 9.47 Å². The highest BCUT2D eigenvalue weighted by Gasteiger charge is 2.34. The third kappa shape index (κ3) is 2.80. The topological polar surface area (TPSA) is 41.9 Å². The number of aliphatic hydroxyl groups excluding tert-OH is 1. The summed E-state index contributed by atoms with van der Waals surface area (Å²) in [5.41, 5.74) is 2.01. The van der Waals surface area contributed by atoms with E-state index in [2.05, 4.69) is 4.90 Å². The lowest BCUT2D eigenvalue weighted by Crippen LogP contribution is -2.27. The maximum Gasteiger partial charge on any atom is 0.126 e. The second kappa shape index (κ2) is 6.08. The second-order valence-corrected chi connectivity index (χ2v) is 5.29. The van der Waals surface area contributed by atoms with E-state index in [0.29, 0.717) is 24.2 Å². The number of nitrogens with zero attached hydrogens (tertiary/aromatic N) is 1. The Morgan fingerprint density at radius 1 is 1.25 bits per heavy atom. The molecule has 112 valence electrons. The molecule has 1 aliphatic rings. The van der Waals surface area contributed by atoms with Gasteiger partial charge in [0.2, 0.25) is 0 Å². The largest absolute Gasteiger partial charge is 0.389 e. The predicted octanol–water partition coefficient (Wildman–Crippen LogP) is 2.04. The van der Waals surface area contributed by atoms with Gasteiger partial charge in [0.25, 0.3) is 0 Å². The molecule has 1 aliphatic heterocycles. The van der Waals surface area contributed by atoms with Crippen LogP contribution in [0.25, 0.3) is 0 Å². The average Bonchev–Trinajstić information content (AvgIpc) is 2.84. The molecule has 2 rings (SSSR count). The Kier molecular flexibility index (Phi) is 4.62. The predicted molar refractivity (Wildman–Crippen MR) is 75.6 cm³/mol. The van der Waals surface area contributed by atoms with Crippen LogP contribution in [-0.2, 0) is 9.47 Å². The average molecular weight is 283 g/mol. The normalized spacial score (nSPS) is 24.2. The molecule has 5 heteroatoms. The Bertz CT molecular complexity index is 466. The molecule has 0 aromatic heterocycles. The number of anilines is 1. The van der Waals surface area contributed by atoms with Crippen molar-refractivity contribution in [3.05, 3.63) is 29.1 Å². The zero-order chi connectivity index (χ0) is 14.9. The quantitative estimate of drug-likeness (QED) is 0.918. The van der Waals surface area contributed by atoms with Gasteiger partial charge >= 0.3 is 0 Å². The van der Waals surface area contributed by atoms with Gasteiger partial charge in [-0.2, -0.15) is 0 Å². The first-order valence-electron chi connectivity index (χ1n) is 6.76. The van der Waals surface area contributed by atoms with E-state index in [1.165, 1.54) is 6.07 Å². The number of aryl methyl sites for hydroxylation is 1. The molecule has 1 heterocycles. The summed E-state index contributed by atoms with van der Waals surface area (Å²) in [6, 6.07) is 3.19. The van der Waals surface area contributed by atoms with Crippen LogP contribution in [0.3, 0.4) is 0 Å². The maximum absolute atomic E-state index is 13.7. The lowest BCUT2D eigenvalue weighted by Gasteiger charge is -2.24. The fourth-order valence-electron chi connectivity index (χ4n) is 2.68. The van der Waals surface area contributed by atoms with Crippen molar-refractivity contribution in [2.45, 2.75) is 32.2 Å². The minimum absolute atomic E-state index is 0.0211. The van der Waals surface area contributed by atoms with E-state index in [9.17, 15) is 9.50 Å². The molecule has 0 bridgehead atoms. The number of aliphatic hydroxyl groups is 1.